The fraction of sp³-hybridized carbons (Fsp3) is 0. The van der Waals surface area contributed by atoms with Crippen LogP contribution < -0.4 is 0 Å². The van der Waals surface area contributed by atoms with Gasteiger partial charge in [-0.2, -0.15) is 4.39 Å². The van der Waals surface area contributed by atoms with Crippen molar-refractivity contribution in [1.82, 2.24) is 4.98 Å². The van der Waals surface area contributed by atoms with Gasteiger partial charge in [-0.1, -0.05) is 11.6 Å². The molecule has 64 valence electrons. The van der Waals surface area contributed by atoms with E-state index in [1.807, 2.05) is 0 Å². The van der Waals surface area contributed by atoms with Crippen molar-refractivity contribution in [3.05, 3.63) is 26.3 Å². The van der Waals surface area contributed by atoms with Gasteiger partial charge in [0.15, 0.2) is 0 Å². The van der Waals surface area contributed by atoms with Crippen LogP contribution in [0.1, 0.15) is 10.4 Å². The number of aromatic nitrogens is 1. The Labute approximate surface area is 85.7 Å². The van der Waals surface area contributed by atoms with Gasteiger partial charge in [-0.15, -0.1) is 0 Å². The number of carbonyl (C=O) groups is 1. The molecule has 0 unspecified atom stereocenters. The van der Waals surface area contributed by atoms with Crippen LogP contribution in [0.2, 0.25) is 5.15 Å². The van der Waals surface area contributed by atoms with Crippen molar-refractivity contribution < 1.29 is 14.3 Å². The van der Waals surface area contributed by atoms with Crippen LogP contribution in [0.4, 0.5) is 4.39 Å². The zero-order valence-corrected chi connectivity index (χ0v) is 8.43. The van der Waals surface area contributed by atoms with E-state index in [-0.39, 0.29) is 8.72 Å². The molecule has 1 aromatic heterocycles. The predicted molar refractivity (Wildman–Crippen MR) is 48.9 cm³/mol. The molecule has 3 nitrogen and oxygen atoms in total. The van der Waals surface area contributed by atoms with Gasteiger partial charge in [0.2, 0.25) is 5.95 Å². The standard InChI is InChI=1S/C6H2ClFINO2/c7-3-1-2(9)4(6(11)12)5(8)10-3/h1H,(H,11,12). The molecule has 0 saturated carbocycles. The number of carboxylic acid groups (broad SMARTS) is 1. The second-order valence-corrected chi connectivity index (χ2v) is 3.45. The lowest BCUT2D eigenvalue weighted by molar-refractivity contribution is 0.0689. The molecule has 0 fully saturated rings. The highest BCUT2D eigenvalue weighted by Gasteiger charge is 2.16. The molecule has 1 N–H and O–H groups in total. The van der Waals surface area contributed by atoms with Crippen LogP contribution in [0.5, 0.6) is 0 Å². The minimum atomic E-state index is -1.35. The normalized spacial score (nSPS) is 9.92. The molecular formula is C6H2ClFINO2. The first-order chi connectivity index (χ1) is 5.52. The van der Waals surface area contributed by atoms with E-state index in [4.69, 9.17) is 16.7 Å². The molecule has 0 atom stereocenters. The Kier molecular flexibility index (Phi) is 2.84. The minimum Gasteiger partial charge on any atom is -0.477 e. The van der Waals surface area contributed by atoms with E-state index < -0.39 is 17.5 Å². The molecule has 0 aliphatic rings. The SMILES string of the molecule is O=C(O)c1c(I)cc(Cl)nc1F. The Balaban J connectivity index is 3.38. The number of pyridine rings is 1. The molecular weight excluding hydrogens is 299 g/mol. The highest BCUT2D eigenvalue weighted by Crippen LogP contribution is 2.18. The summed E-state index contributed by atoms with van der Waals surface area (Å²) in [5.41, 5.74) is -0.444. The van der Waals surface area contributed by atoms with Crippen LogP contribution in [0.15, 0.2) is 6.07 Å². The minimum absolute atomic E-state index is 0.0538. The predicted octanol–water partition coefficient (Wildman–Crippen LogP) is 2.18. The zero-order valence-electron chi connectivity index (χ0n) is 5.51. The van der Waals surface area contributed by atoms with Crippen molar-refractivity contribution in [3.8, 4) is 0 Å². The molecule has 1 heterocycles. The highest BCUT2D eigenvalue weighted by atomic mass is 127. The summed E-state index contributed by atoms with van der Waals surface area (Å²) in [6.45, 7) is 0. The summed E-state index contributed by atoms with van der Waals surface area (Å²) in [4.78, 5) is 13.6. The third-order valence-corrected chi connectivity index (χ3v) is 2.15. The Morgan fingerprint density at radius 3 is 2.75 bits per heavy atom. The largest absolute Gasteiger partial charge is 0.477 e. The second kappa shape index (κ2) is 3.53. The summed E-state index contributed by atoms with van der Waals surface area (Å²) in [6.07, 6.45) is 0. The summed E-state index contributed by atoms with van der Waals surface area (Å²) >= 11 is 7.06. The smallest absolute Gasteiger partial charge is 0.341 e. The molecule has 0 aromatic carbocycles. The van der Waals surface area contributed by atoms with Crippen molar-refractivity contribution in [3.63, 3.8) is 0 Å². The van der Waals surface area contributed by atoms with Crippen molar-refractivity contribution in [1.29, 1.82) is 0 Å². The van der Waals surface area contributed by atoms with Crippen LogP contribution >= 0.6 is 34.2 Å². The molecule has 0 radical (unpaired) electrons. The first kappa shape index (κ1) is 9.66. The molecule has 0 saturated heterocycles. The van der Waals surface area contributed by atoms with Gasteiger partial charge in [0.25, 0.3) is 0 Å². The highest BCUT2D eigenvalue weighted by molar-refractivity contribution is 14.1. The molecule has 0 aliphatic carbocycles. The number of halogens is 3. The van der Waals surface area contributed by atoms with E-state index in [9.17, 15) is 9.18 Å². The molecule has 0 bridgehead atoms. The van der Waals surface area contributed by atoms with Crippen molar-refractivity contribution in [2.45, 2.75) is 0 Å². The molecule has 1 aromatic rings. The van der Waals surface area contributed by atoms with Crippen molar-refractivity contribution >= 4 is 40.2 Å². The Bertz CT molecular complexity index is 321. The molecule has 1 rings (SSSR count). The van der Waals surface area contributed by atoms with Gasteiger partial charge in [-0.25, -0.2) is 9.78 Å². The van der Waals surface area contributed by atoms with Crippen LogP contribution in [-0.2, 0) is 0 Å². The molecule has 0 aliphatic heterocycles. The van der Waals surface area contributed by atoms with Crippen molar-refractivity contribution in [2.24, 2.45) is 0 Å². The number of rotatable bonds is 1. The number of aromatic carboxylic acids is 1. The monoisotopic (exact) mass is 301 g/mol. The Morgan fingerprint density at radius 1 is 1.75 bits per heavy atom. The quantitative estimate of drug-likeness (QED) is 0.639. The summed E-state index contributed by atoms with van der Waals surface area (Å²) in [5, 5.41) is 8.46. The lowest BCUT2D eigenvalue weighted by Crippen LogP contribution is -2.05. The van der Waals surface area contributed by atoms with E-state index in [0.717, 1.165) is 0 Å². The van der Waals surface area contributed by atoms with E-state index in [2.05, 4.69) is 4.98 Å². The second-order valence-electron chi connectivity index (χ2n) is 1.90. The van der Waals surface area contributed by atoms with Gasteiger partial charge in [0, 0.05) is 3.57 Å². The molecule has 12 heavy (non-hydrogen) atoms. The summed E-state index contributed by atoms with van der Waals surface area (Å²) < 4.78 is 13.0. The summed E-state index contributed by atoms with van der Waals surface area (Å²) in [6, 6.07) is 1.29. The van der Waals surface area contributed by atoms with Gasteiger partial charge in [-0.3, -0.25) is 0 Å². The fourth-order valence-electron chi connectivity index (χ4n) is 0.648. The van der Waals surface area contributed by atoms with Crippen LogP contribution in [0.25, 0.3) is 0 Å². The Morgan fingerprint density at radius 2 is 2.33 bits per heavy atom. The number of hydrogen-bond acceptors (Lipinski definition) is 2. The van der Waals surface area contributed by atoms with Gasteiger partial charge in [-0.05, 0) is 28.7 Å². The summed E-state index contributed by atoms with van der Waals surface area (Å²) in [7, 11) is 0. The van der Waals surface area contributed by atoms with E-state index >= 15 is 0 Å². The topological polar surface area (TPSA) is 50.2 Å². The zero-order chi connectivity index (χ0) is 9.30. The van der Waals surface area contributed by atoms with Crippen LogP contribution in [0, 0.1) is 9.52 Å². The van der Waals surface area contributed by atoms with Gasteiger partial charge in [0.1, 0.15) is 10.7 Å². The summed E-state index contributed by atoms with van der Waals surface area (Å²) in [5.74, 6) is -2.40. The van der Waals surface area contributed by atoms with Gasteiger partial charge in [0.05, 0.1) is 0 Å². The average molecular weight is 301 g/mol. The number of hydrogen-bond donors (Lipinski definition) is 1. The first-order valence-electron chi connectivity index (χ1n) is 2.77. The average Bonchev–Trinajstić information content (AvgIpc) is 1.82. The lowest BCUT2D eigenvalue weighted by atomic mass is 10.3. The lowest BCUT2D eigenvalue weighted by Gasteiger charge is -1.99. The fourth-order valence-corrected chi connectivity index (χ4v) is 1.76. The van der Waals surface area contributed by atoms with Crippen molar-refractivity contribution in [2.75, 3.05) is 0 Å². The maximum atomic E-state index is 12.8. The van der Waals surface area contributed by atoms with Crippen LogP contribution in [0.3, 0.4) is 0 Å². The van der Waals surface area contributed by atoms with E-state index in [1.165, 1.54) is 6.07 Å². The maximum Gasteiger partial charge on any atom is 0.341 e. The van der Waals surface area contributed by atoms with Crippen LogP contribution in [-0.4, -0.2) is 16.1 Å². The number of nitrogens with zero attached hydrogens (tertiary/aromatic N) is 1. The van der Waals surface area contributed by atoms with E-state index in [1.54, 1.807) is 22.6 Å². The maximum absolute atomic E-state index is 12.8. The third kappa shape index (κ3) is 1.84. The first-order valence-corrected chi connectivity index (χ1v) is 4.23. The molecule has 0 spiro atoms. The third-order valence-electron chi connectivity index (χ3n) is 1.11. The van der Waals surface area contributed by atoms with E-state index in [0.29, 0.717) is 0 Å². The Hall–Kier alpha value is -0.430. The number of carboxylic acids is 1. The molecule has 0 amide bonds. The van der Waals surface area contributed by atoms with Gasteiger partial charge >= 0.3 is 5.97 Å². The van der Waals surface area contributed by atoms with Gasteiger partial charge < -0.3 is 5.11 Å². The molecule has 6 heteroatoms.